The van der Waals surface area contributed by atoms with Gasteiger partial charge >= 0.3 is 6.09 Å². The molecular formula is C11H21NO2. The van der Waals surface area contributed by atoms with E-state index < -0.39 is 0 Å². The highest BCUT2D eigenvalue weighted by atomic mass is 16.6. The monoisotopic (exact) mass is 199 g/mol. The minimum Gasteiger partial charge on any atom is -0.449 e. The van der Waals surface area contributed by atoms with Crippen LogP contribution >= 0.6 is 0 Å². The number of rotatable bonds is 6. The molecule has 0 aliphatic heterocycles. The summed E-state index contributed by atoms with van der Waals surface area (Å²) in [6, 6.07) is 0. The van der Waals surface area contributed by atoms with Crippen LogP contribution in [0.5, 0.6) is 0 Å². The zero-order chi connectivity index (χ0) is 11.0. The van der Waals surface area contributed by atoms with Crippen molar-refractivity contribution in [2.45, 2.75) is 33.6 Å². The van der Waals surface area contributed by atoms with Gasteiger partial charge in [0, 0.05) is 19.5 Å². The molecule has 0 spiro atoms. The quantitative estimate of drug-likeness (QED) is 0.616. The molecule has 1 amide bonds. The molecular weight excluding hydrogens is 178 g/mol. The van der Waals surface area contributed by atoms with E-state index in [1.165, 1.54) is 0 Å². The SMILES string of the molecule is C=C(C)CCOC(=O)N(CC)CCC. The Morgan fingerprint density at radius 3 is 2.50 bits per heavy atom. The first-order valence-corrected chi connectivity index (χ1v) is 5.17. The second-order valence-corrected chi connectivity index (χ2v) is 3.40. The van der Waals surface area contributed by atoms with Gasteiger partial charge < -0.3 is 9.64 Å². The molecule has 0 aromatic carbocycles. The second-order valence-electron chi connectivity index (χ2n) is 3.40. The van der Waals surface area contributed by atoms with E-state index in [2.05, 4.69) is 6.58 Å². The van der Waals surface area contributed by atoms with Gasteiger partial charge in [-0.1, -0.05) is 12.5 Å². The lowest BCUT2D eigenvalue weighted by Gasteiger charge is -2.19. The average molecular weight is 199 g/mol. The summed E-state index contributed by atoms with van der Waals surface area (Å²) in [4.78, 5) is 13.1. The van der Waals surface area contributed by atoms with E-state index in [1.807, 2.05) is 20.8 Å². The molecule has 0 rings (SSSR count). The fourth-order valence-electron chi connectivity index (χ4n) is 1.05. The van der Waals surface area contributed by atoms with E-state index in [4.69, 9.17) is 4.74 Å². The normalized spacial score (nSPS) is 9.64. The summed E-state index contributed by atoms with van der Waals surface area (Å²) < 4.78 is 5.08. The van der Waals surface area contributed by atoms with Gasteiger partial charge in [0.05, 0.1) is 6.61 Å². The van der Waals surface area contributed by atoms with E-state index in [1.54, 1.807) is 4.90 Å². The van der Waals surface area contributed by atoms with Crippen molar-refractivity contribution in [2.24, 2.45) is 0 Å². The Morgan fingerprint density at radius 2 is 2.07 bits per heavy atom. The third kappa shape index (κ3) is 5.62. The van der Waals surface area contributed by atoms with Crippen molar-refractivity contribution in [3.8, 4) is 0 Å². The topological polar surface area (TPSA) is 29.5 Å². The van der Waals surface area contributed by atoms with Gasteiger partial charge in [-0.25, -0.2) is 4.79 Å². The molecule has 0 bridgehead atoms. The van der Waals surface area contributed by atoms with Crippen LogP contribution in [0.2, 0.25) is 0 Å². The second kappa shape index (κ2) is 7.42. The van der Waals surface area contributed by atoms with Gasteiger partial charge in [0.2, 0.25) is 0 Å². The molecule has 0 fully saturated rings. The van der Waals surface area contributed by atoms with Gasteiger partial charge in [0.1, 0.15) is 0 Å². The standard InChI is InChI=1S/C11H21NO2/c1-5-8-12(6-2)11(13)14-9-7-10(3)4/h3,5-9H2,1-2,4H3. The predicted octanol–water partition coefficient (Wildman–Crippen LogP) is 2.82. The first-order chi connectivity index (χ1) is 6.61. The number of carbonyl (C=O) groups excluding carboxylic acids is 1. The maximum absolute atomic E-state index is 11.4. The smallest absolute Gasteiger partial charge is 0.409 e. The number of amides is 1. The lowest BCUT2D eigenvalue weighted by atomic mass is 10.3. The summed E-state index contributed by atoms with van der Waals surface area (Å²) in [5.74, 6) is 0. The van der Waals surface area contributed by atoms with Crippen LogP contribution in [0.3, 0.4) is 0 Å². The molecule has 0 unspecified atom stereocenters. The van der Waals surface area contributed by atoms with E-state index >= 15 is 0 Å². The first-order valence-electron chi connectivity index (χ1n) is 5.17. The van der Waals surface area contributed by atoms with E-state index in [0.29, 0.717) is 13.2 Å². The fraction of sp³-hybridized carbons (Fsp3) is 0.727. The molecule has 0 aliphatic carbocycles. The number of carbonyl (C=O) groups is 1. The summed E-state index contributed by atoms with van der Waals surface area (Å²) in [7, 11) is 0. The van der Waals surface area contributed by atoms with Crippen molar-refractivity contribution in [3.63, 3.8) is 0 Å². The van der Waals surface area contributed by atoms with Crippen LogP contribution in [0.15, 0.2) is 12.2 Å². The van der Waals surface area contributed by atoms with Gasteiger partial charge in [0.15, 0.2) is 0 Å². The Bertz CT molecular complexity index is 190. The Balaban J connectivity index is 3.74. The lowest BCUT2D eigenvalue weighted by Crippen LogP contribution is -2.32. The average Bonchev–Trinajstić information content (AvgIpc) is 2.13. The van der Waals surface area contributed by atoms with E-state index in [-0.39, 0.29) is 6.09 Å². The minimum atomic E-state index is -0.212. The zero-order valence-corrected chi connectivity index (χ0v) is 9.51. The molecule has 0 heterocycles. The Hall–Kier alpha value is -0.990. The van der Waals surface area contributed by atoms with Crippen LogP contribution in [0.1, 0.15) is 33.6 Å². The summed E-state index contributed by atoms with van der Waals surface area (Å²) in [5.41, 5.74) is 1.04. The van der Waals surface area contributed by atoms with Crippen LogP contribution in [0.25, 0.3) is 0 Å². The van der Waals surface area contributed by atoms with E-state index in [0.717, 1.165) is 25.0 Å². The van der Waals surface area contributed by atoms with Crippen molar-refractivity contribution in [1.82, 2.24) is 4.90 Å². The highest BCUT2D eigenvalue weighted by molar-refractivity contribution is 5.67. The highest BCUT2D eigenvalue weighted by Crippen LogP contribution is 2.00. The van der Waals surface area contributed by atoms with Gasteiger partial charge in [0.25, 0.3) is 0 Å². The Morgan fingerprint density at radius 1 is 1.43 bits per heavy atom. The maximum atomic E-state index is 11.4. The van der Waals surface area contributed by atoms with Crippen molar-refractivity contribution in [3.05, 3.63) is 12.2 Å². The zero-order valence-electron chi connectivity index (χ0n) is 9.51. The summed E-state index contributed by atoms with van der Waals surface area (Å²) in [6.07, 6.45) is 1.49. The van der Waals surface area contributed by atoms with Gasteiger partial charge in [-0.15, -0.1) is 6.58 Å². The van der Waals surface area contributed by atoms with Crippen LogP contribution in [0, 0.1) is 0 Å². The molecule has 0 radical (unpaired) electrons. The van der Waals surface area contributed by atoms with Gasteiger partial charge in [-0.2, -0.15) is 0 Å². The molecule has 0 N–H and O–H groups in total. The van der Waals surface area contributed by atoms with Crippen LogP contribution in [0.4, 0.5) is 4.79 Å². The number of ether oxygens (including phenoxy) is 1. The maximum Gasteiger partial charge on any atom is 0.409 e. The van der Waals surface area contributed by atoms with Crippen molar-refractivity contribution in [1.29, 1.82) is 0 Å². The molecule has 0 atom stereocenters. The van der Waals surface area contributed by atoms with E-state index in [9.17, 15) is 4.79 Å². The highest BCUT2D eigenvalue weighted by Gasteiger charge is 2.10. The predicted molar refractivity (Wildman–Crippen MR) is 58.3 cm³/mol. The minimum absolute atomic E-state index is 0.212. The Labute approximate surface area is 86.7 Å². The largest absolute Gasteiger partial charge is 0.449 e. The van der Waals surface area contributed by atoms with Crippen molar-refractivity contribution >= 4 is 6.09 Å². The number of hydrogen-bond acceptors (Lipinski definition) is 2. The van der Waals surface area contributed by atoms with Crippen LogP contribution in [-0.2, 0) is 4.74 Å². The van der Waals surface area contributed by atoms with Gasteiger partial charge in [-0.05, 0) is 20.3 Å². The fourth-order valence-corrected chi connectivity index (χ4v) is 1.05. The summed E-state index contributed by atoms with van der Waals surface area (Å²) in [5, 5.41) is 0. The van der Waals surface area contributed by atoms with Crippen molar-refractivity contribution in [2.75, 3.05) is 19.7 Å². The number of hydrogen-bond donors (Lipinski definition) is 0. The third-order valence-electron chi connectivity index (χ3n) is 1.89. The summed E-state index contributed by atoms with van der Waals surface area (Å²) >= 11 is 0. The van der Waals surface area contributed by atoms with Crippen molar-refractivity contribution < 1.29 is 9.53 Å². The van der Waals surface area contributed by atoms with Crippen LogP contribution in [-0.4, -0.2) is 30.7 Å². The van der Waals surface area contributed by atoms with Gasteiger partial charge in [-0.3, -0.25) is 0 Å². The molecule has 0 saturated heterocycles. The molecule has 82 valence electrons. The lowest BCUT2D eigenvalue weighted by molar-refractivity contribution is 0.105. The molecule has 14 heavy (non-hydrogen) atoms. The molecule has 0 aromatic rings. The summed E-state index contributed by atoms with van der Waals surface area (Å²) in [6.45, 7) is 11.6. The third-order valence-corrected chi connectivity index (χ3v) is 1.89. The molecule has 0 saturated carbocycles. The molecule has 0 aromatic heterocycles. The van der Waals surface area contributed by atoms with Crippen LogP contribution < -0.4 is 0 Å². The first kappa shape index (κ1) is 13.0. The molecule has 0 aliphatic rings. The number of nitrogens with zero attached hydrogens (tertiary/aromatic N) is 1. The Kier molecular flexibility index (Phi) is 6.89. The molecule has 3 heteroatoms. The molecule has 3 nitrogen and oxygen atoms in total.